The molecule has 6 heterocycles. The Balaban J connectivity index is 1.48. The second kappa shape index (κ2) is 7.59. The number of fused-ring (bicyclic) bond motifs is 2. The summed E-state index contributed by atoms with van der Waals surface area (Å²) in [7, 11) is 2.12. The summed E-state index contributed by atoms with van der Waals surface area (Å²) < 4.78 is 15.8. The van der Waals surface area contributed by atoms with Crippen LogP contribution in [0.2, 0.25) is 0 Å². The van der Waals surface area contributed by atoms with Crippen molar-refractivity contribution in [2.75, 3.05) is 38.1 Å². The van der Waals surface area contributed by atoms with Crippen molar-refractivity contribution in [1.82, 2.24) is 40.0 Å². The molecule has 33 heavy (non-hydrogen) atoms. The van der Waals surface area contributed by atoms with Crippen LogP contribution in [-0.2, 0) is 0 Å². The fraction of sp³-hybridized carbons (Fsp3) is 0.261. The van der Waals surface area contributed by atoms with E-state index >= 15 is 4.39 Å². The molecule has 0 aliphatic carbocycles. The highest BCUT2D eigenvalue weighted by Gasteiger charge is 2.23. The average molecular weight is 443 g/mol. The first-order valence-electron chi connectivity index (χ1n) is 10.8. The molecule has 1 fully saturated rings. The standard InChI is InChI=1S/C23H22FN9/c1-13-3-5-25-11-14(13)15-12-27-21-17(18(15)24)20(30-31-21)22-28-16-4-6-26-23(19(16)29-22)33-9-7-32(2)8-10-33/h3-6,11-12H,7-10H2,1-2H3,(H,28,29)(H,27,30,31). The molecule has 1 aliphatic heterocycles. The maximum absolute atomic E-state index is 15.8. The number of hydrogen-bond donors (Lipinski definition) is 2. The monoisotopic (exact) mass is 443 g/mol. The van der Waals surface area contributed by atoms with Crippen LogP contribution in [0.25, 0.3) is 44.7 Å². The van der Waals surface area contributed by atoms with Gasteiger partial charge in [-0.05, 0) is 31.7 Å². The number of H-pyrrole nitrogens is 2. The van der Waals surface area contributed by atoms with E-state index in [1.165, 1.54) is 6.20 Å². The Morgan fingerprint density at radius 1 is 1.00 bits per heavy atom. The van der Waals surface area contributed by atoms with Crippen molar-refractivity contribution in [1.29, 1.82) is 0 Å². The van der Waals surface area contributed by atoms with Crippen molar-refractivity contribution in [3.8, 4) is 22.6 Å². The summed E-state index contributed by atoms with van der Waals surface area (Å²) in [6.07, 6.45) is 6.61. The molecule has 0 radical (unpaired) electrons. The highest BCUT2D eigenvalue weighted by atomic mass is 19.1. The molecule has 0 aromatic carbocycles. The van der Waals surface area contributed by atoms with Gasteiger partial charge in [0.15, 0.2) is 17.3 Å². The molecule has 6 rings (SSSR count). The summed E-state index contributed by atoms with van der Waals surface area (Å²) >= 11 is 0. The van der Waals surface area contributed by atoms with Crippen molar-refractivity contribution in [3.05, 3.63) is 48.3 Å². The molecular weight excluding hydrogens is 421 g/mol. The molecule has 5 aromatic heterocycles. The Labute approximate surface area is 188 Å². The third kappa shape index (κ3) is 3.21. The number of nitrogens with zero attached hydrogens (tertiary/aromatic N) is 7. The van der Waals surface area contributed by atoms with Crippen LogP contribution in [0.1, 0.15) is 5.56 Å². The number of anilines is 1. The van der Waals surface area contributed by atoms with Gasteiger partial charge in [0, 0.05) is 62.1 Å². The maximum atomic E-state index is 15.8. The van der Waals surface area contributed by atoms with Crippen LogP contribution < -0.4 is 4.90 Å². The molecule has 2 N–H and O–H groups in total. The molecular formula is C23H22FN9. The Kier molecular flexibility index (Phi) is 4.54. The molecule has 0 spiro atoms. The second-order valence-corrected chi connectivity index (χ2v) is 8.38. The van der Waals surface area contributed by atoms with E-state index in [0.717, 1.165) is 48.6 Å². The van der Waals surface area contributed by atoms with Gasteiger partial charge < -0.3 is 14.8 Å². The third-order valence-corrected chi connectivity index (χ3v) is 6.27. The molecule has 5 aromatic rings. The molecule has 0 amide bonds. The van der Waals surface area contributed by atoms with Gasteiger partial charge in [0.25, 0.3) is 0 Å². The highest BCUT2D eigenvalue weighted by Crippen LogP contribution is 2.34. The second-order valence-electron chi connectivity index (χ2n) is 8.38. The molecule has 0 bridgehead atoms. The summed E-state index contributed by atoms with van der Waals surface area (Å²) in [4.78, 5) is 25.8. The largest absolute Gasteiger partial charge is 0.352 e. The number of pyridine rings is 3. The topological polar surface area (TPSA) is 103 Å². The SMILES string of the molecule is Cc1ccncc1-c1cnc2n[nH]c(-c3nc4c(N5CCN(C)CC5)nccc4[nH]3)c2c1F. The molecule has 10 heteroatoms. The smallest absolute Gasteiger partial charge is 0.184 e. The van der Waals surface area contributed by atoms with Gasteiger partial charge in [-0.1, -0.05) is 0 Å². The van der Waals surface area contributed by atoms with Crippen molar-refractivity contribution in [2.24, 2.45) is 0 Å². The van der Waals surface area contributed by atoms with E-state index in [4.69, 9.17) is 4.98 Å². The predicted octanol–water partition coefficient (Wildman–Crippen LogP) is 3.16. The summed E-state index contributed by atoms with van der Waals surface area (Å²) in [5, 5.41) is 7.44. The molecule has 9 nitrogen and oxygen atoms in total. The number of nitrogens with one attached hydrogen (secondary N) is 2. The molecule has 0 saturated carbocycles. The van der Waals surface area contributed by atoms with Crippen LogP contribution in [0.15, 0.2) is 36.9 Å². The number of imidazole rings is 1. The van der Waals surface area contributed by atoms with E-state index in [9.17, 15) is 0 Å². The summed E-state index contributed by atoms with van der Waals surface area (Å²) in [6, 6.07) is 3.73. The summed E-state index contributed by atoms with van der Waals surface area (Å²) in [5.74, 6) is 0.923. The lowest BCUT2D eigenvalue weighted by Gasteiger charge is -2.33. The van der Waals surface area contributed by atoms with Crippen molar-refractivity contribution in [2.45, 2.75) is 6.92 Å². The number of halogens is 1. The zero-order valence-corrected chi connectivity index (χ0v) is 18.3. The Morgan fingerprint density at radius 2 is 1.85 bits per heavy atom. The Hall–Kier alpha value is -3.92. The van der Waals surface area contributed by atoms with Gasteiger partial charge in [-0.3, -0.25) is 10.1 Å². The minimum Gasteiger partial charge on any atom is -0.352 e. The van der Waals surface area contributed by atoms with Crippen LogP contribution >= 0.6 is 0 Å². The molecule has 166 valence electrons. The quantitative estimate of drug-likeness (QED) is 0.442. The van der Waals surface area contributed by atoms with Crippen LogP contribution in [0.4, 0.5) is 10.2 Å². The van der Waals surface area contributed by atoms with Gasteiger partial charge in [0.1, 0.15) is 17.0 Å². The molecule has 1 saturated heterocycles. The van der Waals surface area contributed by atoms with E-state index in [-0.39, 0.29) is 0 Å². The third-order valence-electron chi connectivity index (χ3n) is 6.27. The lowest BCUT2D eigenvalue weighted by Crippen LogP contribution is -2.44. The first kappa shape index (κ1) is 19.7. The summed E-state index contributed by atoms with van der Waals surface area (Å²) in [5.41, 5.74) is 4.34. The highest BCUT2D eigenvalue weighted by molar-refractivity contribution is 5.96. The summed E-state index contributed by atoms with van der Waals surface area (Å²) in [6.45, 7) is 5.61. The van der Waals surface area contributed by atoms with Gasteiger partial charge in [-0.15, -0.1) is 0 Å². The van der Waals surface area contributed by atoms with E-state index in [0.29, 0.717) is 33.7 Å². The maximum Gasteiger partial charge on any atom is 0.184 e. The van der Waals surface area contributed by atoms with E-state index in [1.54, 1.807) is 18.6 Å². The van der Waals surface area contributed by atoms with E-state index in [2.05, 4.69) is 47.0 Å². The fourth-order valence-corrected chi connectivity index (χ4v) is 4.35. The lowest BCUT2D eigenvalue weighted by molar-refractivity contribution is 0.312. The van der Waals surface area contributed by atoms with Gasteiger partial charge in [-0.2, -0.15) is 5.10 Å². The van der Waals surface area contributed by atoms with Crippen molar-refractivity contribution >= 4 is 27.9 Å². The minimum atomic E-state index is -0.405. The van der Waals surface area contributed by atoms with Crippen LogP contribution in [-0.4, -0.2) is 73.2 Å². The predicted molar refractivity (Wildman–Crippen MR) is 124 cm³/mol. The molecule has 1 aliphatic rings. The average Bonchev–Trinajstić information content (AvgIpc) is 3.45. The first-order valence-corrected chi connectivity index (χ1v) is 10.8. The number of aromatic amines is 2. The number of aryl methyl sites for hydroxylation is 1. The van der Waals surface area contributed by atoms with Crippen LogP contribution in [0.3, 0.4) is 0 Å². The number of likely N-dealkylation sites (N-methyl/N-ethyl adjacent to an activating group) is 1. The fourth-order valence-electron chi connectivity index (χ4n) is 4.35. The lowest BCUT2D eigenvalue weighted by atomic mass is 10.0. The van der Waals surface area contributed by atoms with E-state index < -0.39 is 5.82 Å². The van der Waals surface area contributed by atoms with Gasteiger partial charge in [-0.25, -0.2) is 19.3 Å². The number of hydrogen-bond acceptors (Lipinski definition) is 7. The van der Waals surface area contributed by atoms with Gasteiger partial charge >= 0.3 is 0 Å². The van der Waals surface area contributed by atoms with Crippen LogP contribution in [0.5, 0.6) is 0 Å². The number of piperazine rings is 1. The minimum absolute atomic E-state index is 0.295. The van der Waals surface area contributed by atoms with Crippen molar-refractivity contribution < 1.29 is 4.39 Å². The Morgan fingerprint density at radius 3 is 2.67 bits per heavy atom. The van der Waals surface area contributed by atoms with E-state index in [1.807, 2.05) is 19.1 Å². The first-order chi connectivity index (χ1) is 16.1. The Bertz CT molecular complexity index is 1480. The number of aromatic nitrogens is 7. The normalized spacial score (nSPS) is 15.1. The van der Waals surface area contributed by atoms with Gasteiger partial charge in [0.05, 0.1) is 10.9 Å². The molecule has 0 unspecified atom stereocenters. The zero-order valence-electron chi connectivity index (χ0n) is 18.3. The zero-order chi connectivity index (χ0) is 22.5. The van der Waals surface area contributed by atoms with Crippen molar-refractivity contribution in [3.63, 3.8) is 0 Å². The van der Waals surface area contributed by atoms with Crippen LogP contribution in [0, 0.1) is 12.7 Å². The van der Waals surface area contributed by atoms with Gasteiger partial charge in [0.2, 0.25) is 0 Å². The molecule has 0 atom stereocenters. The number of rotatable bonds is 3.